The molecule has 0 saturated heterocycles. The predicted octanol–water partition coefficient (Wildman–Crippen LogP) is 5.29. The number of hydrogen-bond donors (Lipinski definition) is 2. The average molecular weight is 533 g/mol. The molecule has 12 heteroatoms. The molecule has 1 atom stereocenters. The maximum atomic E-state index is 13.2. The van der Waals surface area contributed by atoms with Crippen molar-refractivity contribution in [2.75, 3.05) is 6.54 Å². The number of ether oxygens (including phenoxy) is 1. The Morgan fingerprint density at radius 3 is 2.54 bits per heavy atom. The fourth-order valence-corrected chi connectivity index (χ4v) is 4.53. The second-order valence-electron chi connectivity index (χ2n) is 9.92. The van der Waals surface area contributed by atoms with Crippen molar-refractivity contribution in [3.8, 4) is 17.0 Å². The summed E-state index contributed by atoms with van der Waals surface area (Å²) in [7, 11) is 0. The zero-order chi connectivity index (χ0) is 27.5. The van der Waals surface area contributed by atoms with Crippen LogP contribution in [0.4, 0.5) is 22.0 Å². The molecular formula is C25H33F5N4O3. The number of nitrogens with one attached hydrogen (secondary N) is 1. The third-order valence-corrected chi connectivity index (χ3v) is 6.95. The lowest BCUT2D eigenvalue weighted by atomic mass is 9.79. The van der Waals surface area contributed by atoms with Crippen LogP contribution in [0.5, 0.6) is 5.75 Å². The molecule has 2 N–H and O–H groups in total. The number of hydrogen-bond acceptors (Lipinski definition) is 5. The van der Waals surface area contributed by atoms with Gasteiger partial charge in [0.1, 0.15) is 5.75 Å². The highest BCUT2D eigenvalue weighted by atomic mass is 19.4. The molecule has 206 valence electrons. The van der Waals surface area contributed by atoms with E-state index < -0.39 is 36.6 Å². The Labute approximate surface area is 212 Å². The van der Waals surface area contributed by atoms with Crippen LogP contribution in [0.3, 0.4) is 0 Å². The highest BCUT2D eigenvalue weighted by molar-refractivity contribution is 5.95. The Morgan fingerprint density at radius 1 is 1.32 bits per heavy atom. The number of alkyl halides is 5. The van der Waals surface area contributed by atoms with Crippen molar-refractivity contribution in [3.05, 3.63) is 29.2 Å². The van der Waals surface area contributed by atoms with E-state index >= 15 is 0 Å². The Hall–Kier alpha value is -2.76. The molecule has 3 rings (SSSR count). The van der Waals surface area contributed by atoms with Gasteiger partial charge in [0.15, 0.2) is 5.69 Å². The van der Waals surface area contributed by atoms with Crippen molar-refractivity contribution >= 4 is 5.91 Å². The van der Waals surface area contributed by atoms with Crippen LogP contribution in [0.1, 0.15) is 68.2 Å². The Morgan fingerprint density at radius 2 is 1.97 bits per heavy atom. The summed E-state index contributed by atoms with van der Waals surface area (Å²) < 4.78 is 71.5. The number of carbonyl (C=O) groups is 1. The SMILES string of the molecule is CCn1nc(C(=O)NCC2(O)CCC(C)CC2)c(C)c1-c1cnc(CC(C)C(F)(F)F)cc1OC(F)F. The minimum atomic E-state index is -4.47. The molecular weight excluding hydrogens is 499 g/mol. The first-order valence-electron chi connectivity index (χ1n) is 12.3. The summed E-state index contributed by atoms with van der Waals surface area (Å²) in [5.74, 6) is -2.10. The minimum absolute atomic E-state index is 0.0439. The maximum absolute atomic E-state index is 13.2. The van der Waals surface area contributed by atoms with Gasteiger partial charge in [0.25, 0.3) is 5.91 Å². The van der Waals surface area contributed by atoms with E-state index in [4.69, 9.17) is 0 Å². The third kappa shape index (κ3) is 6.97. The topological polar surface area (TPSA) is 89.3 Å². The Balaban J connectivity index is 1.91. The van der Waals surface area contributed by atoms with E-state index in [0.29, 0.717) is 24.3 Å². The molecule has 37 heavy (non-hydrogen) atoms. The van der Waals surface area contributed by atoms with E-state index in [1.165, 1.54) is 10.9 Å². The molecule has 1 saturated carbocycles. The lowest BCUT2D eigenvalue weighted by molar-refractivity contribution is -0.169. The van der Waals surface area contributed by atoms with Gasteiger partial charge in [-0.15, -0.1) is 0 Å². The molecule has 0 spiro atoms. The molecule has 1 amide bonds. The number of halogens is 5. The van der Waals surface area contributed by atoms with Crippen LogP contribution in [0.25, 0.3) is 11.3 Å². The van der Waals surface area contributed by atoms with Gasteiger partial charge in [-0.2, -0.15) is 27.1 Å². The Bertz CT molecular complexity index is 1090. The molecule has 7 nitrogen and oxygen atoms in total. The summed E-state index contributed by atoms with van der Waals surface area (Å²) in [6.07, 6.45) is -0.949. The van der Waals surface area contributed by atoms with Crippen LogP contribution in [-0.4, -0.2) is 50.7 Å². The zero-order valence-electron chi connectivity index (χ0n) is 21.3. The van der Waals surface area contributed by atoms with Crippen molar-refractivity contribution in [1.82, 2.24) is 20.1 Å². The molecule has 1 aliphatic carbocycles. The highest BCUT2D eigenvalue weighted by Crippen LogP contribution is 2.36. The first kappa shape index (κ1) is 28.8. The minimum Gasteiger partial charge on any atom is -0.434 e. The summed E-state index contributed by atoms with van der Waals surface area (Å²) in [4.78, 5) is 17.0. The normalized spacial score (nSPS) is 21.2. The van der Waals surface area contributed by atoms with Gasteiger partial charge in [0.2, 0.25) is 0 Å². The molecule has 0 bridgehead atoms. The molecule has 1 aliphatic rings. The van der Waals surface area contributed by atoms with Gasteiger partial charge in [-0.05, 0) is 45.4 Å². The fourth-order valence-electron chi connectivity index (χ4n) is 4.53. The molecule has 2 aromatic heterocycles. The van der Waals surface area contributed by atoms with E-state index in [1.54, 1.807) is 13.8 Å². The standard InChI is InChI=1S/C25H33F5N4O3/c1-5-34-21(16(4)20(33-34)22(35)32-13-24(36)8-6-14(2)7-9-24)18-12-31-17(10-15(3)25(28,29)30)11-19(18)37-23(26)27/h11-12,14-15,23,36H,5-10,13H2,1-4H3,(H,32,35). The van der Waals surface area contributed by atoms with Crippen molar-refractivity contribution in [2.24, 2.45) is 11.8 Å². The number of nitrogens with zero attached hydrogens (tertiary/aromatic N) is 3. The van der Waals surface area contributed by atoms with Crippen LogP contribution in [0, 0.1) is 18.8 Å². The highest BCUT2D eigenvalue weighted by Gasteiger charge is 2.36. The first-order valence-corrected chi connectivity index (χ1v) is 12.3. The van der Waals surface area contributed by atoms with Crippen molar-refractivity contribution in [1.29, 1.82) is 0 Å². The van der Waals surface area contributed by atoms with Crippen molar-refractivity contribution < 1.29 is 36.6 Å². The van der Waals surface area contributed by atoms with E-state index in [9.17, 15) is 31.9 Å². The van der Waals surface area contributed by atoms with E-state index in [1.807, 2.05) is 0 Å². The van der Waals surface area contributed by atoms with Gasteiger partial charge >= 0.3 is 12.8 Å². The Kier molecular flexibility index (Phi) is 8.81. The average Bonchev–Trinajstić information content (AvgIpc) is 3.15. The largest absolute Gasteiger partial charge is 0.434 e. The van der Waals surface area contributed by atoms with Gasteiger partial charge in [-0.25, -0.2) is 0 Å². The second kappa shape index (κ2) is 11.3. The smallest absolute Gasteiger partial charge is 0.391 e. The molecule has 2 aromatic rings. The van der Waals surface area contributed by atoms with Gasteiger partial charge in [0, 0.05) is 43.0 Å². The number of pyridine rings is 1. The monoisotopic (exact) mass is 532 g/mol. The summed E-state index contributed by atoms with van der Waals surface area (Å²) in [5.41, 5.74) is -0.288. The van der Waals surface area contributed by atoms with Crippen molar-refractivity contribution in [2.45, 2.75) is 84.7 Å². The number of aliphatic hydroxyl groups is 1. The van der Waals surface area contributed by atoms with Crippen molar-refractivity contribution in [3.63, 3.8) is 0 Å². The van der Waals surface area contributed by atoms with Gasteiger partial charge in [-0.3, -0.25) is 14.5 Å². The van der Waals surface area contributed by atoms with E-state index in [-0.39, 0.29) is 41.5 Å². The quantitative estimate of drug-likeness (QED) is 0.429. The molecule has 0 aliphatic heterocycles. The van der Waals surface area contributed by atoms with Crippen LogP contribution in [-0.2, 0) is 13.0 Å². The van der Waals surface area contributed by atoms with Gasteiger partial charge < -0.3 is 15.2 Å². The number of amides is 1. The molecule has 1 unspecified atom stereocenters. The molecule has 1 fully saturated rings. The first-order chi connectivity index (χ1) is 17.2. The fraction of sp³-hybridized carbons (Fsp3) is 0.640. The summed E-state index contributed by atoms with van der Waals surface area (Å²) in [5, 5.41) is 17.9. The number of rotatable bonds is 9. The van der Waals surface area contributed by atoms with Crippen LogP contribution in [0.15, 0.2) is 12.3 Å². The predicted molar refractivity (Wildman–Crippen MR) is 126 cm³/mol. The third-order valence-electron chi connectivity index (χ3n) is 6.95. The number of carbonyl (C=O) groups excluding carboxylic acids is 1. The van der Waals surface area contributed by atoms with Crippen LogP contribution >= 0.6 is 0 Å². The van der Waals surface area contributed by atoms with Crippen LogP contribution in [0.2, 0.25) is 0 Å². The van der Waals surface area contributed by atoms with Gasteiger partial charge in [-0.1, -0.05) is 13.8 Å². The molecule has 2 heterocycles. The lowest BCUT2D eigenvalue weighted by Crippen LogP contribution is -2.45. The zero-order valence-corrected chi connectivity index (χ0v) is 21.3. The molecule has 0 aromatic carbocycles. The van der Waals surface area contributed by atoms with E-state index in [2.05, 4.69) is 27.1 Å². The van der Waals surface area contributed by atoms with Gasteiger partial charge in [0.05, 0.1) is 22.8 Å². The number of aromatic nitrogens is 3. The second-order valence-corrected chi connectivity index (χ2v) is 9.92. The lowest BCUT2D eigenvalue weighted by Gasteiger charge is -2.34. The van der Waals surface area contributed by atoms with Crippen LogP contribution < -0.4 is 10.1 Å². The summed E-state index contributed by atoms with van der Waals surface area (Å²) in [6.45, 7) is 3.52. The molecule has 0 radical (unpaired) electrons. The summed E-state index contributed by atoms with van der Waals surface area (Å²) >= 11 is 0. The summed E-state index contributed by atoms with van der Waals surface area (Å²) in [6, 6.07) is 1.06. The number of aryl methyl sites for hydroxylation is 1. The maximum Gasteiger partial charge on any atom is 0.391 e. The van der Waals surface area contributed by atoms with E-state index in [0.717, 1.165) is 25.8 Å².